The summed E-state index contributed by atoms with van der Waals surface area (Å²) in [7, 11) is 1.63. The number of aromatic nitrogens is 5. The SMILES string of the molecule is COc1ccccc1-c1c2c(=O)n(CCc3ccccc3)ccc2nc2nc(C)[nH][n+]12. The Morgan fingerprint density at radius 3 is 2.61 bits per heavy atom. The molecular formula is C24H22N5O2+. The number of rotatable bonds is 5. The second-order valence-electron chi connectivity index (χ2n) is 7.42. The van der Waals surface area contributed by atoms with Crippen LogP contribution in [-0.2, 0) is 13.0 Å². The molecule has 0 aliphatic heterocycles. The molecule has 0 fully saturated rings. The van der Waals surface area contributed by atoms with Gasteiger partial charge in [-0.3, -0.25) is 4.79 Å². The first-order valence-corrected chi connectivity index (χ1v) is 10.1. The zero-order chi connectivity index (χ0) is 21.4. The van der Waals surface area contributed by atoms with Crippen molar-refractivity contribution in [3.63, 3.8) is 0 Å². The number of nitrogens with zero attached hydrogens (tertiary/aromatic N) is 4. The molecule has 0 unspecified atom stereocenters. The van der Waals surface area contributed by atoms with Crippen LogP contribution < -0.4 is 14.8 Å². The molecule has 3 aromatic heterocycles. The highest BCUT2D eigenvalue weighted by molar-refractivity contribution is 5.92. The molecule has 0 spiro atoms. The second kappa shape index (κ2) is 7.68. The number of pyridine rings is 1. The molecule has 7 heteroatoms. The van der Waals surface area contributed by atoms with Gasteiger partial charge in [-0.15, -0.1) is 4.52 Å². The topological polar surface area (TPSA) is 76.9 Å². The molecule has 7 nitrogen and oxygen atoms in total. The number of H-pyrrole nitrogens is 1. The quantitative estimate of drug-likeness (QED) is 0.450. The number of aryl methyl sites for hydroxylation is 3. The van der Waals surface area contributed by atoms with Gasteiger partial charge in [-0.2, -0.15) is 0 Å². The van der Waals surface area contributed by atoms with E-state index in [-0.39, 0.29) is 5.56 Å². The van der Waals surface area contributed by atoms with Gasteiger partial charge in [0.1, 0.15) is 11.1 Å². The standard InChI is InChI=1S/C24H21N5O2/c1-16-25-24-26-19-13-15-28(14-12-17-8-4-3-5-9-17)23(30)21(19)22(29(24)27-16)18-10-6-7-11-20(18)31-2/h3-11,13,15H,12,14H2,1-2H3/p+1. The van der Waals surface area contributed by atoms with Crippen LogP contribution in [0.25, 0.3) is 27.9 Å². The number of fused-ring (bicyclic) bond motifs is 2. The Hall–Kier alpha value is -4.00. The van der Waals surface area contributed by atoms with E-state index in [2.05, 4.69) is 27.2 Å². The fourth-order valence-electron chi connectivity index (χ4n) is 3.93. The summed E-state index contributed by atoms with van der Waals surface area (Å²) in [4.78, 5) is 22.7. The summed E-state index contributed by atoms with van der Waals surface area (Å²) in [6, 6.07) is 19.7. The molecule has 5 rings (SSSR count). The van der Waals surface area contributed by atoms with Crippen LogP contribution in [0.4, 0.5) is 0 Å². The van der Waals surface area contributed by atoms with E-state index in [0.29, 0.717) is 40.5 Å². The third kappa shape index (κ3) is 3.34. The third-order valence-corrected chi connectivity index (χ3v) is 5.41. The summed E-state index contributed by atoms with van der Waals surface area (Å²) in [5.41, 5.74) is 3.19. The predicted octanol–water partition coefficient (Wildman–Crippen LogP) is 3.09. The van der Waals surface area contributed by atoms with Crippen LogP contribution in [0.2, 0.25) is 0 Å². The van der Waals surface area contributed by atoms with Crippen molar-refractivity contribution in [3.05, 3.63) is 88.6 Å². The molecule has 154 valence electrons. The van der Waals surface area contributed by atoms with E-state index in [1.807, 2.05) is 61.7 Å². The fraction of sp³-hybridized carbons (Fsp3) is 0.167. The molecule has 0 atom stereocenters. The molecule has 1 N–H and O–H groups in total. The van der Waals surface area contributed by atoms with Crippen LogP contribution in [0, 0.1) is 6.92 Å². The minimum absolute atomic E-state index is 0.0940. The summed E-state index contributed by atoms with van der Waals surface area (Å²) in [6.07, 6.45) is 2.57. The Kier molecular flexibility index (Phi) is 4.71. The zero-order valence-electron chi connectivity index (χ0n) is 17.4. The first kappa shape index (κ1) is 19.0. The first-order valence-electron chi connectivity index (χ1n) is 10.1. The van der Waals surface area contributed by atoms with Crippen molar-refractivity contribution in [2.24, 2.45) is 0 Å². The lowest BCUT2D eigenvalue weighted by Gasteiger charge is -2.11. The van der Waals surface area contributed by atoms with E-state index in [1.165, 1.54) is 5.56 Å². The number of benzene rings is 2. The van der Waals surface area contributed by atoms with E-state index in [4.69, 9.17) is 4.74 Å². The van der Waals surface area contributed by atoms with Crippen LogP contribution in [0.15, 0.2) is 71.7 Å². The summed E-state index contributed by atoms with van der Waals surface area (Å²) in [5.74, 6) is 1.89. The van der Waals surface area contributed by atoms with Crippen LogP contribution in [0.3, 0.4) is 0 Å². The van der Waals surface area contributed by atoms with E-state index < -0.39 is 0 Å². The molecule has 31 heavy (non-hydrogen) atoms. The van der Waals surface area contributed by atoms with Crippen molar-refractivity contribution >= 4 is 16.7 Å². The Morgan fingerprint density at radius 1 is 1.03 bits per heavy atom. The van der Waals surface area contributed by atoms with Gasteiger partial charge in [0.15, 0.2) is 11.2 Å². The smallest absolute Gasteiger partial charge is 0.458 e. The minimum atomic E-state index is -0.0940. The van der Waals surface area contributed by atoms with E-state index in [0.717, 1.165) is 12.0 Å². The van der Waals surface area contributed by atoms with Crippen molar-refractivity contribution in [2.45, 2.75) is 19.9 Å². The highest BCUT2D eigenvalue weighted by Crippen LogP contribution is 2.30. The molecule has 0 aliphatic rings. The number of para-hydroxylation sites is 1. The number of hydrogen-bond donors (Lipinski definition) is 1. The lowest BCUT2D eigenvalue weighted by Crippen LogP contribution is -2.32. The average molecular weight is 412 g/mol. The van der Waals surface area contributed by atoms with Gasteiger partial charge in [0.2, 0.25) is 5.82 Å². The Bertz CT molecular complexity index is 1450. The van der Waals surface area contributed by atoms with Gasteiger partial charge in [-0.1, -0.05) is 52.4 Å². The number of methoxy groups -OCH3 is 1. The van der Waals surface area contributed by atoms with Crippen LogP contribution in [-0.4, -0.2) is 26.7 Å². The largest absolute Gasteiger partial charge is 0.496 e. The summed E-state index contributed by atoms with van der Waals surface area (Å²) in [5, 5.41) is 3.74. The van der Waals surface area contributed by atoms with E-state index in [1.54, 1.807) is 16.2 Å². The van der Waals surface area contributed by atoms with E-state index in [9.17, 15) is 4.79 Å². The maximum Gasteiger partial charge on any atom is 0.458 e. The minimum Gasteiger partial charge on any atom is -0.496 e. The zero-order valence-corrected chi connectivity index (χ0v) is 17.4. The molecule has 0 saturated heterocycles. The Morgan fingerprint density at radius 2 is 1.81 bits per heavy atom. The molecule has 5 aromatic rings. The molecule has 3 heterocycles. The lowest BCUT2D eigenvalue weighted by atomic mass is 10.1. The van der Waals surface area contributed by atoms with Crippen molar-refractivity contribution in [2.75, 3.05) is 7.11 Å². The maximum absolute atomic E-state index is 13.6. The van der Waals surface area contributed by atoms with Gasteiger partial charge in [-0.05, 0) is 30.2 Å². The van der Waals surface area contributed by atoms with Crippen molar-refractivity contribution < 1.29 is 9.25 Å². The van der Waals surface area contributed by atoms with Gasteiger partial charge in [-0.25, -0.2) is 5.10 Å². The van der Waals surface area contributed by atoms with Gasteiger partial charge >= 0.3 is 5.78 Å². The number of hydrogen-bond acceptors (Lipinski definition) is 4. The molecule has 0 radical (unpaired) electrons. The molecule has 2 aromatic carbocycles. The van der Waals surface area contributed by atoms with Gasteiger partial charge in [0.05, 0.1) is 12.7 Å². The second-order valence-corrected chi connectivity index (χ2v) is 7.42. The molecule has 0 saturated carbocycles. The monoisotopic (exact) mass is 412 g/mol. The molecule has 0 aliphatic carbocycles. The Balaban J connectivity index is 1.76. The van der Waals surface area contributed by atoms with Crippen molar-refractivity contribution in [3.8, 4) is 17.0 Å². The van der Waals surface area contributed by atoms with Crippen LogP contribution in [0.5, 0.6) is 5.75 Å². The predicted molar refractivity (Wildman–Crippen MR) is 118 cm³/mol. The maximum atomic E-state index is 13.6. The molecule has 0 bridgehead atoms. The number of nitrogens with one attached hydrogen (secondary N) is 1. The summed E-state index contributed by atoms with van der Waals surface area (Å²) < 4.78 is 9.11. The molecule has 0 amide bonds. The summed E-state index contributed by atoms with van der Waals surface area (Å²) in [6.45, 7) is 2.44. The highest BCUT2D eigenvalue weighted by atomic mass is 16.5. The average Bonchev–Trinajstić information content (AvgIpc) is 3.17. The van der Waals surface area contributed by atoms with Gasteiger partial charge < -0.3 is 9.30 Å². The van der Waals surface area contributed by atoms with Crippen molar-refractivity contribution in [1.82, 2.24) is 19.6 Å². The van der Waals surface area contributed by atoms with Crippen molar-refractivity contribution in [1.29, 1.82) is 0 Å². The van der Waals surface area contributed by atoms with Gasteiger partial charge in [0.25, 0.3) is 5.56 Å². The summed E-state index contributed by atoms with van der Waals surface area (Å²) >= 11 is 0. The Labute approximate surface area is 178 Å². The van der Waals surface area contributed by atoms with Crippen LogP contribution in [0.1, 0.15) is 11.4 Å². The van der Waals surface area contributed by atoms with Crippen LogP contribution >= 0.6 is 0 Å². The molecular weight excluding hydrogens is 390 g/mol. The number of ether oxygens (including phenoxy) is 1. The highest BCUT2D eigenvalue weighted by Gasteiger charge is 2.25. The number of aromatic amines is 1. The normalized spacial score (nSPS) is 11.3. The first-order chi connectivity index (χ1) is 15.2. The lowest BCUT2D eigenvalue weighted by molar-refractivity contribution is -0.567. The van der Waals surface area contributed by atoms with Gasteiger partial charge in [0, 0.05) is 19.7 Å². The fourth-order valence-corrected chi connectivity index (χ4v) is 3.93. The van der Waals surface area contributed by atoms with E-state index >= 15 is 0 Å². The third-order valence-electron chi connectivity index (χ3n) is 5.41.